The molecule has 0 saturated carbocycles. The maximum atomic E-state index is 11.2. The van der Waals surface area contributed by atoms with Crippen molar-refractivity contribution >= 4 is 15.8 Å². The first-order valence-corrected chi connectivity index (χ1v) is 8.95. The van der Waals surface area contributed by atoms with E-state index in [9.17, 15) is 8.42 Å². The minimum absolute atomic E-state index is 0.146. The van der Waals surface area contributed by atoms with Crippen molar-refractivity contribution in [3.63, 3.8) is 0 Å². The summed E-state index contributed by atoms with van der Waals surface area (Å²) in [6, 6.07) is 0. The first kappa shape index (κ1) is 19.2. The fraction of sp³-hybridized carbons (Fsp3) is 0.923. The van der Waals surface area contributed by atoms with Gasteiger partial charge >= 0.3 is 0 Å². The fourth-order valence-corrected chi connectivity index (χ4v) is 2.37. The van der Waals surface area contributed by atoms with Gasteiger partial charge in [-0.05, 0) is 18.8 Å². The average molecular weight is 307 g/mol. The molecule has 0 aromatic rings. The van der Waals surface area contributed by atoms with Gasteiger partial charge in [0.1, 0.15) is 9.84 Å². The number of hydrogen-bond donors (Lipinski definition) is 2. The van der Waals surface area contributed by atoms with Crippen LogP contribution >= 0.6 is 0 Å². The Morgan fingerprint density at radius 2 is 1.95 bits per heavy atom. The number of ether oxygens (including phenoxy) is 1. The molecule has 0 aliphatic carbocycles. The molecular formula is C13H29N3O3S. The summed E-state index contributed by atoms with van der Waals surface area (Å²) in [6.45, 7) is 8.71. The van der Waals surface area contributed by atoms with Crippen LogP contribution in [0.4, 0.5) is 0 Å². The summed E-state index contributed by atoms with van der Waals surface area (Å²) in [6.07, 6.45) is 1.87. The van der Waals surface area contributed by atoms with Gasteiger partial charge in [-0.2, -0.15) is 0 Å². The van der Waals surface area contributed by atoms with Gasteiger partial charge in [0.2, 0.25) is 0 Å². The molecule has 0 aliphatic rings. The van der Waals surface area contributed by atoms with E-state index in [0.717, 1.165) is 12.5 Å². The first-order chi connectivity index (χ1) is 9.20. The number of nitrogens with zero attached hydrogens (tertiary/aromatic N) is 1. The zero-order valence-corrected chi connectivity index (χ0v) is 14.1. The van der Waals surface area contributed by atoms with Gasteiger partial charge in [0.15, 0.2) is 5.96 Å². The molecule has 0 fully saturated rings. The van der Waals surface area contributed by atoms with Crippen LogP contribution in [0.15, 0.2) is 4.99 Å². The summed E-state index contributed by atoms with van der Waals surface area (Å²) in [5, 5.41) is 6.31. The van der Waals surface area contributed by atoms with E-state index in [1.165, 1.54) is 6.26 Å². The standard InChI is InChI=1S/C13H29N3O3S/c1-6-14-12(15-8-9-19-4)16-11-13(2,3)7-10-20(5,17)18/h6-11H2,1-5H3,(H2,14,15,16). The highest BCUT2D eigenvalue weighted by atomic mass is 32.2. The molecule has 0 heterocycles. The smallest absolute Gasteiger partial charge is 0.191 e. The molecule has 0 aliphatic heterocycles. The maximum absolute atomic E-state index is 11.2. The summed E-state index contributed by atoms with van der Waals surface area (Å²) in [4.78, 5) is 4.50. The van der Waals surface area contributed by atoms with Crippen molar-refractivity contribution in [3.8, 4) is 0 Å². The molecular weight excluding hydrogens is 278 g/mol. The van der Waals surface area contributed by atoms with Gasteiger partial charge in [-0.1, -0.05) is 13.8 Å². The molecule has 0 saturated heterocycles. The minimum Gasteiger partial charge on any atom is -0.383 e. The van der Waals surface area contributed by atoms with Gasteiger partial charge in [-0.25, -0.2) is 8.42 Å². The van der Waals surface area contributed by atoms with Crippen LogP contribution in [0, 0.1) is 5.41 Å². The Labute approximate surface area is 123 Å². The number of aliphatic imine (C=N–C) groups is 1. The largest absolute Gasteiger partial charge is 0.383 e. The Kier molecular flexibility index (Phi) is 8.80. The van der Waals surface area contributed by atoms with E-state index in [1.54, 1.807) is 7.11 Å². The quantitative estimate of drug-likeness (QED) is 0.371. The second kappa shape index (κ2) is 9.18. The van der Waals surface area contributed by atoms with Gasteiger partial charge in [-0.3, -0.25) is 4.99 Å². The SMILES string of the molecule is CCNC(=NCC(C)(C)CCS(C)(=O)=O)NCCOC. The fourth-order valence-electron chi connectivity index (χ4n) is 1.45. The number of rotatable bonds is 9. The Morgan fingerprint density at radius 3 is 2.45 bits per heavy atom. The zero-order valence-electron chi connectivity index (χ0n) is 13.3. The number of guanidine groups is 1. The molecule has 0 atom stereocenters. The lowest BCUT2D eigenvalue weighted by molar-refractivity contribution is 0.203. The second-order valence-electron chi connectivity index (χ2n) is 5.66. The van der Waals surface area contributed by atoms with E-state index in [1.807, 2.05) is 20.8 Å². The highest BCUT2D eigenvalue weighted by molar-refractivity contribution is 7.90. The zero-order chi connectivity index (χ0) is 15.6. The van der Waals surface area contributed by atoms with Crippen LogP contribution in [0.25, 0.3) is 0 Å². The molecule has 0 spiro atoms. The van der Waals surface area contributed by atoms with E-state index < -0.39 is 9.84 Å². The molecule has 0 rings (SSSR count). The molecule has 0 unspecified atom stereocenters. The highest BCUT2D eigenvalue weighted by Gasteiger charge is 2.20. The van der Waals surface area contributed by atoms with E-state index in [0.29, 0.717) is 26.1 Å². The summed E-state index contributed by atoms with van der Waals surface area (Å²) in [5.74, 6) is 0.931. The lowest BCUT2D eigenvalue weighted by atomic mass is 9.90. The third-order valence-corrected chi connectivity index (χ3v) is 3.70. The second-order valence-corrected chi connectivity index (χ2v) is 7.92. The minimum atomic E-state index is -2.92. The third kappa shape index (κ3) is 11.0. The molecule has 0 aromatic heterocycles. The summed E-state index contributed by atoms with van der Waals surface area (Å²) in [5.41, 5.74) is -0.146. The molecule has 2 N–H and O–H groups in total. The number of sulfone groups is 1. The molecule has 120 valence electrons. The van der Waals surface area contributed by atoms with Crippen molar-refractivity contribution < 1.29 is 13.2 Å². The lowest BCUT2D eigenvalue weighted by Gasteiger charge is -2.22. The van der Waals surface area contributed by atoms with Gasteiger partial charge in [0.25, 0.3) is 0 Å². The Bertz CT molecular complexity index is 392. The van der Waals surface area contributed by atoms with Crippen LogP contribution in [0.3, 0.4) is 0 Å². The van der Waals surface area contributed by atoms with Gasteiger partial charge in [0, 0.05) is 33.0 Å². The van der Waals surface area contributed by atoms with Crippen LogP contribution in [0.1, 0.15) is 27.2 Å². The Balaban J connectivity index is 4.41. The Hall–Kier alpha value is -0.820. The Morgan fingerprint density at radius 1 is 1.30 bits per heavy atom. The summed E-state index contributed by atoms with van der Waals surface area (Å²) < 4.78 is 27.4. The number of methoxy groups -OCH3 is 1. The monoisotopic (exact) mass is 307 g/mol. The van der Waals surface area contributed by atoms with E-state index in [4.69, 9.17) is 4.74 Å². The van der Waals surface area contributed by atoms with Crippen molar-refractivity contribution in [1.29, 1.82) is 0 Å². The molecule has 0 aromatic carbocycles. The number of hydrogen-bond acceptors (Lipinski definition) is 4. The first-order valence-electron chi connectivity index (χ1n) is 6.89. The predicted molar refractivity (Wildman–Crippen MR) is 84.0 cm³/mol. The highest BCUT2D eigenvalue weighted by Crippen LogP contribution is 2.21. The van der Waals surface area contributed by atoms with Crippen molar-refractivity contribution in [2.75, 3.05) is 45.4 Å². The molecule has 6 nitrogen and oxygen atoms in total. The van der Waals surface area contributed by atoms with Gasteiger partial charge < -0.3 is 15.4 Å². The van der Waals surface area contributed by atoms with Crippen molar-refractivity contribution in [3.05, 3.63) is 0 Å². The molecule has 7 heteroatoms. The van der Waals surface area contributed by atoms with Gasteiger partial charge in [-0.15, -0.1) is 0 Å². The predicted octanol–water partition coefficient (Wildman–Crippen LogP) is 0.649. The molecule has 20 heavy (non-hydrogen) atoms. The van der Waals surface area contributed by atoms with Crippen LogP contribution in [-0.4, -0.2) is 59.7 Å². The summed E-state index contributed by atoms with van der Waals surface area (Å²) in [7, 11) is -1.27. The number of nitrogens with one attached hydrogen (secondary N) is 2. The van der Waals surface area contributed by atoms with Crippen molar-refractivity contribution in [2.24, 2.45) is 10.4 Å². The topological polar surface area (TPSA) is 79.8 Å². The molecule has 0 radical (unpaired) electrons. The van der Waals surface area contributed by atoms with Crippen LogP contribution in [-0.2, 0) is 14.6 Å². The normalized spacial score (nSPS) is 13.3. The van der Waals surface area contributed by atoms with Crippen LogP contribution in [0.5, 0.6) is 0 Å². The van der Waals surface area contributed by atoms with Crippen molar-refractivity contribution in [2.45, 2.75) is 27.2 Å². The van der Waals surface area contributed by atoms with Crippen LogP contribution in [0.2, 0.25) is 0 Å². The van der Waals surface area contributed by atoms with E-state index >= 15 is 0 Å². The van der Waals surface area contributed by atoms with Gasteiger partial charge in [0.05, 0.1) is 12.4 Å². The molecule has 0 bridgehead atoms. The molecule has 0 amide bonds. The van der Waals surface area contributed by atoms with Crippen LogP contribution < -0.4 is 10.6 Å². The van der Waals surface area contributed by atoms with Crippen molar-refractivity contribution in [1.82, 2.24) is 10.6 Å². The summed E-state index contributed by atoms with van der Waals surface area (Å²) >= 11 is 0. The maximum Gasteiger partial charge on any atom is 0.191 e. The lowest BCUT2D eigenvalue weighted by Crippen LogP contribution is -2.39. The van der Waals surface area contributed by atoms with E-state index in [2.05, 4.69) is 15.6 Å². The average Bonchev–Trinajstić information content (AvgIpc) is 2.33. The van der Waals surface area contributed by atoms with E-state index in [-0.39, 0.29) is 11.2 Å². The third-order valence-electron chi connectivity index (χ3n) is 2.76.